The van der Waals surface area contributed by atoms with Crippen LogP contribution in [-0.2, 0) is 4.43 Å². The first kappa shape index (κ1) is 41.5. The van der Waals surface area contributed by atoms with Crippen molar-refractivity contribution in [1.29, 1.82) is 0 Å². The van der Waals surface area contributed by atoms with Gasteiger partial charge < -0.3 is 9.16 Å². The van der Waals surface area contributed by atoms with E-state index in [1.54, 1.807) is 19.9 Å². The van der Waals surface area contributed by atoms with Crippen molar-refractivity contribution in [3.8, 4) is 5.88 Å². The summed E-state index contributed by atoms with van der Waals surface area (Å²) < 4.78 is 191. The molecule has 0 N–H and O–H groups in total. The summed E-state index contributed by atoms with van der Waals surface area (Å²) in [5.74, 6) is -36.7. The predicted molar refractivity (Wildman–Crippen MR) is 149 cm³/mol. The lowest BCUT2D eigenvalue weighted by molar-refractivity contribution is -0.440. The Morgan fingerprint density at radius 2 is 1.20 bits per heavy atom. The Hall–Kier alpha value is -1.57. The Bertz CT molecular complexity index is 1160. The van der Waals surface area contributed by atoms with Crippen LogP contribution in [0.1, 0.15) is 64.7 Å². The number of alkyl halides is 13. The van der Waals surface area contributed by atoms with E-state index in [2.05, 4.69) is 4.98 Å². The zero-order chi connectivity index (χ0) is 36.0. The second-order valence-corrected chi connectivity index (χ2v) is 22.7. The predicted octanol–water partition coefficient (Wildman–Crippen LogP) is 10.3. The van der Waals surface area contributed by atoms with Gasteiger partial charge in [0, 0.05) is 17.3 Å². The molecule has 0 amide bonds. The number of halogens is 13. The maximum absolute atomic E-state index is 14.9. The van der Waals surface area contributed by atoms with Crippen LogP contribution < -0.4 is 10.1 Å². The average molecular weight is 714 g/mol. The van der Waals surface area contributed by atoms with Gasteiger partial charge in [-0.25, -0.2) is 4.98 Å². The first-order chi connectivity index (χ1) is 19.8. The zero-order valence-electron chi connectivity index (χ0n) is 26.6. The summed E-state index contributed by atoms with van der Waals surface area (Å²) in [6, 6.07) is 0.700. The molecule has 0 saturated heterocycles. The minimum absolute atomic E-state index is 0.205. The second kappa shape index (κ2) is 13.1. The van der Waals surface area contributed by atoms with Gasteiger partial charge in [0.1, 0.15) is 8.07 Å². The third-order valence-corrected chi connectivity index (χ3v) is 15.5. The summed E-state index contributed by atoms with van der Waals surface area (Å²) >= 11 is 0. The van der Waals surface area contributed by atoms with E-state index in [0.717, 1.165) is 0 Å². The van der Waals surface area contributed by atoms with Gasteiger partial charge in [-0.3, -0.25) is 0 Å². The molecule has 45 heavy (non-hydrogen) atoms. The van der Waals surface area contributed by atoms with Crippen LogP contribution in [0.25, 0.3) is 0 Å². The SMILES string of the molecule is CCC(O[Si](CCC(F)(F)C(F)(F)C(F)(F)C(F)(F)C(F)(F)C(F)(F)F)(C(C)C)C(C)C)c1cc([Si](C)(C)C)nc(OC)c1C. The molecule has 0 bridgehead atoms. The fourth-order valence-corrected chi connectivity index (χ4v) is 10.7. The third-order valence-electron chi connectivity index (χ3n) is 8.09. The summed E-state index contributed by atoms with van der Waals surface area (Å²) in [5, 5.41) is 0.688. The van der Waals surface area contributed by atoms with Gasteiger partial charge in [0.2, 0.25) is 5.88 Å². The Morgan fingerprint density at radius 3 is 1.56 bits per heavy atom. The normalized spacial score (nSPS) is 15.7. The van der Waals surface area contributed by atoms with Crippen LogP contribution in [0.15, 0.2) is 6.07 Å². The Kier molecular flexibility index (Phi) is 12.1. The summed E-state index contributed by atoms with van der Waals surface area (Å²) in [4.78, 5) is 4.53. The number of methoxy groups -OCH3 is 1. The summed E-state index contributed by atoms with van der Waals surface area (Å²) in [6.45, 7) is 15.3. The van der Waals surface area contributed by atoms with Gasteiger partial charge >= 0.3 is 35.8 Å². The van der Waals surface area contributed by atoms with Gasteiger partial charge in [-0.1, -0.05) is 54.3 Å². The highest BCUT2D eigenvalue weighted by atomic mass is 28.4. The molecular weight excluding hydrogens is 673 g/mol. The maximum Gasteiger partial charge on any atom is 0.460 e. The van der Waals surface area contributed by atoms with Crippen LogP contribution in [0.3, 0.4) is 0 Å². The van der Waals surface area contributed by atoms with Gasteiger partial charge in [0.05, 0.1) is 13.2 Å². The van der Waals surface area contributed by atoms with Crippen molar-refractivity contribution < 1.29 is 66.2 Å². The van der Waals surface area contributed by atoms with Crippen LogP contribution in [-0.4, -0.2) is 64.3 Å². The van der Waals surface area contributed by atoms with Crippen molar-refractivity contribution in [1.82, 2.24) is 4.98 Å². The lowest BCUT2D eigenvalue weighted by Crippen LogP contribution is -2.70. The molecule has 1 heterocycles. The number of ether oxygens (including phenoxy) is 1. The van der Waals surface area contributed by atoms with Crippen LogP contribution in [0.2, 0.25) is 36.8 Å². The van der Waals surface area contributed by atoms with Gasteiger partial charge in [0.15, 0.2) is 8.32 Å². The topological polar surface area (TPSA) is 31.4 Å². The number of pyridine rings is 1. The molecule has 0 fully saturated rings. The van der Waals surface area contributed by atoms with E-state index in [4.69, 9.17) is 9.16 Å². The van der Waals surface area contributed by atoms with E-state index in [9.17, 15) is 57.1 Å². The maximum atomic E-state index is 14.9. The van der Waals surface area contributed by atoms with E-state index in [0.29, 0.717) is 16.4 Å². The highest BCUT2D eigenvalue weighted by molar-refractivity contribution is 6.88. The van der Waals surface area contributed by atoms with Crippen LogP contribution >= 0.6 is 0 Å². The van der Waals surface area contributed by atoms with Crippen molar-refractivity contribution >= 4 is 21.7 Å². The first-order valence-corrected chi connectivity index (χ1v) is 19.8. The smallest absolute Gasteiger partial charge is 0.460 e. The molecule has 0 aliphatic carbocycles. The molecule has 0 aliphatic rings. The fraction of sp³-hybridized carbons (Fsp3) is 0.815. The highest BCUT2D eigenvalue weighted by Gasteiger charge is 2.90. The average Bonchev–Trinajstić information content (AvgIpc) is 2.87. The second-order valence-electron chi connectivity index (χ2n) is 12.8. The van der Waals surface area contributed by atoms with E-state index in [1.807, 2.05) is 19.6 Å². The molecular formula is C27H40F13NO2Si2. The minimum atomic E-state index is -7.92. The summed E-state index contributed by atoms with van der Waals surface area (Å²) in [5.41, 5.74) is -0.287. The van der Waals surface area contributed by atoms with Crippen LogP contribution in [0.4, 0.5) is 57.1 Å². The van der Waals surface area contributed by atoms with Crippen molar-refractivity contribution in [2.24, 2.45) is 0 Å². The molecule has 1 rings (SSSR count). The molecule has 1 atom stereocenters. The van der Waals surface area contributed by atoms with E-state index in [1.165, 1.54) is 34.8 Å². The number of hydrogen-bond donors (Lipinski definition) is 0. The molecule has 18 heteroatoms. The van der Waals surface area contributed by atoms with Crippen molar-refractivity contribution in [2.45, 2.75) is 133 Å². The molecule has 1 aromatic heterocycles. The van der Waals surface area contributed by atoms with Gasteiger partial charge in [-0.2, -0.15) is 57.1 Å². The van der Waals surface area contributed by atoms with Gasteiger partial charge in [-0.15, -0.1) is 0 Å². The Labute approximate surface area is 256 Å². The highest BCUT2D eigenvalue weighted by Crippen LogP contribution is 2.61. The van der Waals surface area contributed by atoms with E-state index in [-0.39, 0.29) is 12.3 Å². The standard InChI is InChI=1S/C27H40F13NO2Si2/c1-11-19(18-14-20(44(8,9)10)41-21(42-7)17(18)6)43-45(15(2)3,16(4)5)13-12-22(28,29)23(30,31)24(32,33)25(34,35)26(36,37)27(38,39)40/h14-16,19H,11-13H2,1-10H3. The molecule has 264 valence electrons. The summed E-state index contributed by atoms with van der Waals surface area (Å²) in [6.07, 6.45) is -10.4. The van der Waals surface area contributed by atoms with Crippen LogP contribution in [0.5, 0.6) is 5.88 Å². The lowest BCUT2D eigenvalue weighted by atomic mass is 9.93. The molecule has 0 saturated carbocycles. The number of nitrogens with zero attached hydrogens (tertiary/aromatic N) is 1. The van der Waals surface area contributed by atoms with Crippen molar-refractivity contribution in [3.63, 3.8) is 0 Å². The van der Waals surface area contributed by atoms with Gasteiger partial charge in [0.25, 0.3) is 0 Å². The monoisotopic (exact) mass is 713 g/mol. The Morgan fingerprint density at radius 1 is 0.756 bits per heavy atom. The summed E-state index contributed by atoms with van der Waals surface area (Å²) in [7, 11) is -4.53. The molecule has 0 aromatic carbocycles. The van der Waals surface area contributed by atoms with E-state index < -0.39 is 81.8 Å². The largest absolute Gasteiger partial charge is 0.481 e. The van der Waals surface area contributed by atoms with Crippen molar-refractivity contribution in [2.75, 3.05) is 7.11 Å². The molecule has 3 nitrogen and oxygen atoms in total. The Balaban J connectivity index is 3.69. The number of hydrogen-bond acceptors (Lipinski definition) is 3. The van der Waals surface area contributed by atoms with E-state index >= 15 is 0 Å². The zero-order valence-corrected chi connectivity index (χ0v) is 28.6. The number of aromatic nitrogens is 1. The fourth-order valence-electron chi connectivity index (χ4n) is 5.04. The number of rotatable bonds is 15. The molecule has 1 aromatic rings. The lowest BCUT2D eigenvalue weighted by Gasteiger charge is -2.44. The molecule has 0 spiro atoms. The molecule has 1 unspecified atom stereocenters. The quantitative estimate of drug-likeness (QED) is 0.134. The third kappa shape index (κ3) is 7.31. The van der Waals surface area contributed by atoms with Gasteiger partial charge in [-0.05, 0) is 42.1 Å². The molecule has 0 radical (unpaired) electrons. The minimum Gasteiger partial charge on any atom is -0.481 e. The first-order valence-electron chi connectivity index (χ1n) is 14.0. The van der Waals surface area contributed by atoms with Crippen LogP contribution in [0, 0.1) is 6.92 Å². The van der Waals surface area contributed by atoms with Crippen molar-refractivity contribution in [3.05, 3.63) is 17.2 Å². The molecule has 0 aliphatic heterocycles.